The molecule has 2 aromatic carbocycles. The van der Waals surface area contributed by atoms with Crippen molar-refractivity contribution in [3.05, 3.63) is 58.1 Å². The van der Waals surface area contributed by atoms with E-state index in [1.165, 1.54) is 13.3 Å². The minimum Gasteiger partial charge on any atom is -0.496 e. The number of para-hydroxylation sites is 1. The maximum absolute atomic E-state index is 11.8. The van der Waals surface area contributed by atoms with Crippen molar-refractivity contribution in [1.82, 2.24) is 5.43 Å². The minimum atomic E-state index is -0.938. The van der Waals surface area contributed by atoms with Gasteiger partial charge in [-0.25, -0.2) is 5.43 Å². The Morgan fingerprint density at radius 3 is 2.58 bits per heavy atom. The summed E-state index contributed by atoms with van der Waals surface area (Å²) in [5, 5.41) is 6.92. The molecule has 24 heavy (non-hydrogen) atoms. The van der Waals surface area contributed by atoms with Crippen molar-refractivity contribution >= 4 is 46.9 Å². The number of nitrogens with one attached hydrogen (secondary N) is 2. The number of carbonyl (C=O) groups excluding carboxylic acids is 2. The third kappa shape index (κ3) is 4.71. The van der Waals surface area contributed by atoms with Gasteiger partial charge in [0.05, 0.1) is 24.0 Å². The van der Waals surface area contributed by atoms with Crippen LogP contribution in [0.15, 0.2) is 47.6 Å². The molecule has 2 aromatic rings. The zero-order valence-electron chi connectivity index (χ0n) is 12.5. The third-order valence-corrected chi connectivity index (χ3v) is 3.45. The summed E-state index contributed by atoms with van der Waals surface area (Å²) < 4.78 is 5.14. The second-order valence-electron chi connectivity index (χ2n) is 4.52. The van der Waals surface area contributed by atoms with Crippen molar-refractivity contribution in [2.24, 2.45) is 5.10 Å². The van der Waals surface area contributed by atoms with Gasteiger partial charge in [-0.1, -0.05) is 35.3 Å². The summed E-state index contributed by atoms with van der Waals surface area (Å²) in [4.78, 5) is 23.5. The first kappa shape index (κ1) is 17.8. The zero-order valence-corrected chi connectivity index (χ0v) is 14.1. The minimum absolute atomic E-state index is 0.325. The van der Waals surface area contributed by atoms with Gasteiger partial charge in [0.25, 0.3) is 0 Å². The molecular formula is C16H13Cl2N3O3. The summed E-state index contributed by atoms with van der Waals surface area (Å²) >= 11 is 11.8. The van der Waals surface area contributed by atoms with Gasteiger partial charge < -0.3 is 10.1 Å². The van der Waals surface area contributed by atoms with Crippen molar-refractivity contribution < 1.29 is 14.3 Å². The number of nitrogens with zero attached hydrogens (tertiary/aromatic N) is 1. The van der Waals surface area contributed by atoms with Crippen molar-refractivity contribution in [3.8, 4) is 5.75 Å². The number of rotatable bonds is 4. The van der Waals surface area contributed by atoms with E-state index >= 15 is 0 Å². The monoisotopic (exact) mass is 365 g/mol. The van der Waals surface area contributed by atoms with Crippen molar-refractivity contribution in [1.29, 1.82) is 0 Å². The summed E-state index contributed by atoms with van der Waals surface area (Å²) in [5.74, 6) is -1.30. The molecule has 0 aromatic heterocycles. The van der Waals surface area contributed by atoms with Gasteiger partial charge in [-0.2, -0.15) is 5.10 Å². The van der Waals surface area contributed by atoms with Crippen molar-refractivity contribution in [2.45, 2.75) is 0 Å². The first-order chi connectivity index (χ1) is 11.5. The molecule has 0 saturated heterocycles. The number of hydrazone groups is 1. The van der Waals surface area contributed by atoms with Gasteiger partial charge in [0, 0.05) is 10.6 Å². The molecule has 0 saturated carbocycles. The van der Waals surface area contributed by atoms with Crippen molar-refractivity contribution in [3.63, 3.8) is 0 Å². The highest BCUT2D eigenvalue weighted by Crippen LogP contribution is 2.21. The number of amides is 2. The highest BCUT2D eigenvalue weighted by Gasteiger charge is 2.14. The SMILES string of the molecule is COc1ccc(Cl)cc1/C=N\NC(=O)C(=O)Nc1ccccc1Cl. The van der Waals surface area contributed by atoms with Gasteiger partial charge >= 0.3 is 11.8 Å². The lowest BCUT2D eigenvalue weighted by Gasteiger charge is -2.06. The van der Waals surface area contributed by atoms with E-state index in [0.717, 1.165) is 0 Å². The maximum Gasteiger partial charge on any atom is 0.329 e. The Morgan fingerprint density at radius 2 is 1.88 bits per heavy atom. The highest BCUT2D eigenvalue weighted by molar-refractivity contribution is 6.41. The fourth-order valence-electron chi connectivity index (χ4n) is 1.76. The summed E-state index contributed by atoms with van der Waals surface area (Å²) in [7, 11) is 1.50. The lowest BCUT2D eigenvalue weighted by Crippen LogP contribution is -2.32. The number of hydrogen-bond donors (Lipinski definition) is 2. The zero-order chi connectivity index (χ0) is 17.5. The fraction of sp³-hybridized carbons (Fsp3) is 0.0625. The number of halogens is 2. The molecule has 0 spiro atoms. The number of benzene rings is 2. The first-order valence-corrected chi connectivity index (χ1v) is 7.49. The lowest BCUT2D eigenvalue weighted by atomic mass is 10.2. The Balaban J connectivity index is 1.99. The molecule has 0 unspecified atom stereocenters. The second-order valence-corrected chi connectivity index (χ2v) is 5.36. The lowest BCUT2D eigenvalue weighted by molar-refractivity contribution is -0.136. The van der Waals surface area contributed by atoms with Gasteiger partial charge in [-0.05, 0) is 30.3 Å². The number of anilines is 1. The van der Waals surface area contributed by atoms with Crippen LogP contribution in [0.25, 0.3) is 0 Å². The molecule has 6 nitrogen and oxygen atoms in total. The Hall–Kier alpha value is -2.57. The van der Waals surface area contributed by atoms with Crippen LogP contribution in [0, 0.1) is 0 Å². The molecule has 0 radical (unpaired) electrons. The standard InChI is InChI=1S/C16H13Cl2N3O3/c1-24-14-7-6-11(17)8-10(14)9-19-21-16(23)15(22)20-13-5-3-2-4-12(13)18/h2-9H,1H3,(H,20,22)(H,21,23)/b19-9-. The van der Waals surface area contributed by atoms with E-state index in [0.29, 0.717) is 27.0 Å². The number of carbonyl (C=O) groups is 2. The Labute approximate surface area is 148 Å². The number of hydrogen-bond acceptors (Lipinski definition) is 4. The van der Waals surface area contributed by atoms with Crippen LogP contribution in [0.5, 0.6) is 5.75 Å². The van der Waals surface area contributed by atoms with Crippen LogP contribution >= 0.6 is 23.2 Å². The van der Waals surface area contributed by atoms with Crippen LogP contribution in [0.4, 0.5) is 5.69 Å². The normalized spacial score (nSPS) is 10.5. The van der Waals surface area contributed by atoms with Crippen LogP contribution in [0.1, 0.15) is 5.56 Å². The summed E-state index contributed by atoms with van der Waals surface area (Å²) in [5.41, 5.74) is 3.00. The van der Waals surface area contributed by atoms with Gasteiger partial charge in [0.2, 0.25) is 0 Å². The van der Waals surface area contributed by atoms with Gasteiger partial charge in [0.1, 0.15) is 5.75 Å². The van der Waals surface area contributed by atoms with Gasteiger partial charge in [-0.15, -0.1) is 0 Å². The second kappa shape index (κ2) is 8.33. The summed E-state index contributed by atoms with van der Waals surface area (Å²) in [6.07, 6.45) is 1.32. The Morgan fingerprint density at radius 1 is 1.12 bits per heavy atom. The molecule has 0 aliphatic heterocycles. The number of ether oxygens (including phenoxy) is 1. The van der Waals surface area contributed by atoms with Crippen LogP contribution in [-0.2, 0) is 9.59 Å². The molecule has 8 heteroatoms. The van der Waals surface area contributed by atoms with E-state index in [4.69, 9.17) is 27.9 Å². The van der Waals surface area contributed by atoms with Gasteiger partial charge in [-0.3, -0.25) is 9.59 Å². The molecule has 0 bridgehead atoms. The van der Waals surface area contributed by atoms with Crippen LogP contribution < -0.4 is 15.5 Å². The third-order valence-electron chi connectivity index (χ3n) is 2.89. The average molecular weight is 366 g/mol. The molecule has 0 atom stereocenters. The molecule has 0 fully saturated rings. The van der Waals surface area contributed by atoms with Gasteiger partial charge in [0.15, 0.2) is 0 Å². The molecule has 0 heterocycles. The summed E-state index contributed by atoms with van der Waals surface area (Å²) in [6.45, 7) is 0. The van der Waals surface area contributed by atoms with E-state index in [1.807, 2.05) is 0 Å². The largest absolute Gasteiger partial charge is 0.496 e. The smallest absolute Gasteiger partial charge is 0.329 e. The average Bonchev–Trinajstić information content (AvgIpc) is 2.57. The molecule has 2 N–H and O–H groups in total. The maximum atomic E-state index is 11.8. The van der Waals surface area contributed by atoms with Crippen LogP contribution in [-0.4, -0.2) is 25.1 Å². The van der Waals surface area contributed by atoms with E-state index in [2.05, 4.69) is 15.8 Å². The quantitative estimate of drug-likeness (QED) is 0.496. The highest BCUT2D eigenvalue weighted by atomic mass is 35.5. The van der Waals surface area contributed by atoms with Crippen LogP contribution in [0.3, 0.4) is 0 Å². The predicted octanol–water partition coefficient (Wildman–Crippen LogP) is 3.09. The van der Waals surface area contributed by atoms with E-state index in [9.17, 15) is 9.59 Å². The fourth-order valence-corrected chi connectivity index (χ4v) is 2.12. The topological polar surface area (TPSA) is 79.8 Å². The number of methoxy groups -OCH3 is 1. The molecule has 0 aliphatic rings. The summed E-state index contributed by atoms with van der Waals surface area (Å²) in [6, 6.07) is 11.5. The molecule has 2 amide bonds. The van der Waals surface area contributed by atoms with Crippen molar-refractivity contribution in [2.75, 3.05) is 12.4 Å². The van der Waals surface area contributed by atoms with E-state index < -0.39 is 11.8 Å². The molecule has 2 rings (SSSR count). The van der Waals surface area contributed by atoms with E-state index in [1.54, 1.807) is 42.5 Å². The Bertz CT molecular complexity index is 794. The molecular weight excluding hydrogens is 353 g/mol. The predicted molar refractivity (Wildman–Crippen MR) is 93.8 cm³/mol. The Kier molecular flexibility index (Phi) is 6.17. The molecule has 124 valence electrons. The molecule has 0 aliphatic carbocycles. The first-order valence-electron chi connectivity index (χ1n) is 6.73. The van der Waals surface area contributed by atoms with Crippen LogP contribution in [0.2, 0.25) is 10.0 Å². The van der Waals surface area contributed by atoms with E-state index in [-0.39, 0.29) is 0 Å².